The highest BCUT2D eigenvalue weighted by molar-refractivity contribution is 9.09. The van der Waals surface area contributed by atoms with Crippen LogP contribution in [-0.2, 0) is 9.47 Å². The van der Waals surface area contributed by atoms with Gasteiger partial charge in [0.05, 0.1) is 0 Å². The van der Waals surface area contributed by atoms with Crippen LogP contribution in [0.15, 0.2) is 0 Å². The van der Waals surface area contributed by atoms with Gasteiger partial charge in [-0.05, 0) is 112 Å². The summed E-state index contributed by atoms with van der Waals surface area (Å²) >= 11 is 3.57. The van der Waals surface area contributed by atoms with Crippen LogP contribution in [0.5, 0.6) is 0 Å². The fraction of sp³-hybridized carbons (Fsp3) is 1.00. The molecule has 0 N–H and O–H groups in total. The fourth-order valence-electron chi connectivity index (χ4n) is 6.43. The van der Waals surface area contributed by atoms with E-state index >= 15 is 0 Å². The van der Waals surface area contributed by atoms with Crippen LogP contribution in [0.25, 0.3) is 0 Å². The molecule has 0 radical (unpaired) electrons. The molecule has 7 atom stereocenters. The largest absolute Gasteiger partial charge is 0.355 e. The van der Waals surface area contributed by atoms with Crippen LogP contribution < -0.4 is 0 Å². The Kier molecular flexibility index (Phi) is 23.8. The Morgan fingerprint density at radius 2 is 0.857 bits per heavy atom. The van der Waals surface area contributed by atoms with Crippen molar-refractivity contribution < 1.29 is 9.47 Å². The summed E-state index contributed by atoms with van der Waals surface area (Å²) in [6.45, 7) is 21.7. The molecular formula is C32H65BrO2. The van der Waals surface area contributed by atoms with Gasteiger partial charge in [-0.2, -0.15) is 0 Å². The third kappa shape index (κ3) is 23.3. The van der Waals surface area contributed by atoms with Crippen molar-refractivity contribution >= 4 is 15.9 Å². The summed E-state index contributed by atoms with van der Waals surface area (Å²) < 4.78 is 11.2. The Hall–Kier alpha value is 0.400. The Morgan fingerprint density at radius 3 is 1.26 bits per heavy atom. The van der Waals surface area contributed by atoms with Crippen molar-refractivity contribution in [2.75, 3.05) is 25.3 Å². The molecule has 0 aromatic carbocycles. The molecule has 0 rings (SSSR count). The average molecular weight is 562 g/mol. The first-order valence-electron chi connectivity index (χ1n) is 15.4. The van der Waals surface area contributed by atoms with Crippen molar-refractivity contribution in [1.82, 2.24) is 0 Å². The van der Waals surface area contributed by atoms with Gasteiger partial charge in [0.15, 0.2) is 0 Å². The first-order chi connectivity index (χ1) is 16.7. The van der Waals surface area contributed by atoms with Crippen LogP contribution in [0.2, 0.25) is 0 Å². The monoisotopic (exact) mass is 560 g/mol. The van der Waals surface area contributed by atoms with Crippen LogP contribution in [0.4, 0.5) is 0 Å². The second-order valence-corrected chi connectivity index (χ2v) is 13.6. The lowest BCUT2D eigenvalue weighted by Crippen LogP contribution is -2.14. The first kappa shape index (κ1) is 35.4. The highest BCUT2D eigenvalue weighted by Gasteiger charge is 2.18. The molecule has 212 valence electrons. The quantitative estimate of drug-likeness (QED) is 0.0627. The predicted molar refractivity (Wildman–Crippen MR) is 160 cm³/mol. The maximum Gasteiger partial charge on any atom is 0.146 e. The molecule has 35 heavy (non-hydrogen) atoms. The lowest BCUT2D eigenvalue weighted by Gasteiger charge is -2.26. The van der Waals surface area contributed by atoms with Crippen molar-refractivity contribution in [3.05, 3.63) is 0 Å². The molecule has 0 saturated carbocycles. The van der Waals surface area contributed by atoms with Gasteiger partial charge in [0.1, 0.15) is 6.79 Å². The maximum atomic E-state index is 5.64. The molecule has 0 aromatic heterocycles. The van der Waals surface area contributed by atoms with Crippen molar-refractivity contribution in [1.29, 1.82) is 0 Å². The van der Waals surface area contributed by atoms with Gasteiger partial charge in [-0.25, -0.2) is 0 Å². The molecule has 7 unspecified atom stereocenters. The third-order valence-electron chi connectivity index (χ3n) is 7.70. The van der Waals surface area contributed by atoms with E-state index in [-0.39, 0.29) is 0 Å². The number of unbranched alkanes of at least 4 members (excludes halogenated alkanes) is 2. The lowest BCUT2D eigenvalue weighted by atomic mass is 9.80. The zero-order valence-electron chi connectivity index (χ0n) is 25.3. The third-order valence-corrected chi connectivity index (χ3v) is 8.26. The van der Waals surface area contributed by atoms with Crippen molar-refractivity contribution in [3.8, 4) is 0 Å². The van der Waals surface area contributed by atoms with Crippen LogP contribution in [0, 0.1) is 41.4 Å². The van der Waals surface area contributed by atoms with Gasteiger partial charge in [-0.15, -0.1) is 0 Å². The van der Waals surface area contributed by atoms with Gasteiger partial charge in [0.25, 0.3) is 0 Å². The number of alkyl halides is 1. The fourth-order valence-corrected chi connectivity index (χ4v) is 6.75. The predicted octanol–water partition coefficient (Wildman–Crippen LogP) is 10.9. The molecular weight excluding hydrogens is 496 g/mol. The standard InChI is InChI=1S/C32H65BrO2/c1-9-10-11-17-34-25-35-18-13-15-27(3)20-29(5)22-31(7)24-32(8)23-30(6)21-28(4)19-26(2)14-12-16-33/h26-32H,9-25H2,1-8H3. The molecule has 0 aromatic rings. The zero-order chi connectivity index (χ0) is 26.5. The number of rotatable bonds is 25. The van der Waals surface area contributed by atoms with Crippen LogP contribution in [0.3, 0.4) is 0 Å². The topological polar surface area (TPSA) is 18.5 Å². The first-order valence-corrected chi connectivity index (χ1v) is 16.5. The van der Waals surface area contributed by atoms with Crippen molar-refractivity contribution in [2.24, 2.45) is 41.4 Å². The molecule has 0 aliphatic carbocycles. The van der Waals surface area contributed by atoms with Crippen LogP contribution in [-0.4, -0.2) is 25.3 Å². The molecule has 0 saturated heterocycles. The van der Waals surface area contributed by atoms with E-state index in [2.05, 4.69) is 71.3 Å². The Labute approximate surface area is 230 Å². The van der Waals surface area contributed by atoms with Gasteiger partial charge in [0, 0.05) is 18.5 Å². The van der Waals surface area contributed by atoms with Gasteiger partial charge >= 0.3 is 0 Å². The van der Waals surface area contributed by atoms with Crippen molar-refractivity contribution in [2.45, 2.75) is 139 Å². The molecule has 0 bridgehead atoms. The molecule has 0 fully saturated rings. The highest BCUT2D eigenvalue weighted by atomic mass is 79.9. The lowest BCUT2D eigenvalue weighted by molar-refractivity contribution is -0.0561. The van der Waals surface area contributed by atoms with E-state index in [4.69, 9.17) is 9.47 Å². The normalized spacial score (nSPS) is 18.1. The molecule has 0 heterocycles. The second-order valence-electron chi connectivity index (χ2n) is 12.8. The van der Waals surface area contributed by atoms with E-state index < -0.39 is 0 Å². The SMILES string of the molecule is CCCCCOCOCCCC(C)CC(C)CC(C)CC(C)CC(C)CC(C)CC(C)CCCBr. The molecule has 3 heteroatoms. The number of ether oxygens (including phenoxy) is 2. The summed E-state index contributed by atoms with van der Waals surface area (Å²) in [4.78, 5) is 0. The van der Waals surface area contributed by atoms with E-state index in [0.717, 1.165) is 72.8 Å². The van der Waals surface area contributed by atoms with E-state index in [1.807, 2.05) is 0 Å². The summed E-state index contributed by atoms with van der Waals surface area (Å²) in [5.41, 5.74) is 0. The Balaban J connectivity index is 3.91. The number of hydrogen-bond donors (Lipinski definition) is 0. The minimum Gasteiger partial charge on any atom is -0.355 e. The minimum absolute atomic E-state index is 0.470. The highest BCUT2D eigenvalue weighted by Crippen LogP contribution is 2.30. The summed E-state index contributed by atoms with van der Waals surface area (Å²) in [6, 6.07) is 0. The van der Waals surface area contributed by atoms with Crippen molar-refractivity contribution in [3.63, 3.8) is 0 Å². The van der Waals surface area contributed by atoms with Gasteiger partial charge in [-0.1, -0.05) is 84.2 Å². The summed E-state index contributed by atoms with van der Waals surface area (Å²) in [6.07, 6.45) is 17.1. The van der Waals surface area contributed by atoms with E-state index in [9.17, 15) is 0 Å². The van der Waals surface area contributed by atoms with E-state index in [1.54, 1.807) is 0 Å². The molecule has 0 spiro atoms. The average Bonchev–Trinajstić information content (AvgIpc) is 2.75. The van der Waals surface area contributed by atoms with E-state index in [1.165, 1.54) is 70.6 Å². The molecule has 0 aliphatic rings. The zero-order valence-corrected chi connectivity index (χ0v) is 26.8. The second kappa shape index (κ2) is 23.5. The van der Waals surface area contributed by atoms with Gasteiger partial charge in [0.2, 0.25) is 0 Å². The molecule has 0 aliphatic heterocycles. The van der Waals surface area contributed by atoms with Crippen LogP contribution in [0.1, 0.15) is 139 Å². The maximum absolute atomic E-state index is 5.64. The Morgan fingerprint density at radius 1 is 0.486 bits per heavy atom. The van der Waals surface area contributed by atoms with E-state index in [0.29, 0.717) is 6.79 Å². The minimum atomic E-state index is 0.470. The Bertz CT molecular complexity index is 443. The number of hydrogen-bond acceptors (Lipinski definition) is 2. The van der Waals surface area contributed by atoms with Crippen LogP contribution >= 0.6 is 15.9 Å². The smallest absolute Gasteiger partial charge is 0.146 e. The molecule has 2 nitrogen and oxygen atoms in total. The van der Waals surface area contributed by atoms with Gasteiger partial charge in [-0.3, -0.25) is 0 Å². The molecule has 0 amide bonds. The summed E-state index contributed by atoms with van der Waals surface area (Å²) in [5.74, 6) is 5.91. The summed E-state index contributed by atoms with van der Waals surface area (Å²) in [7, 11) is 0. The summed E-state index contributed by atoms with van der Waals surface area (Å²) in [5, 5.41) is 1.15. The number of halogens is 1. The van der Waals surface area contributed by atoms with Gasteiger partial charge < -0.3 is 9.47 Å².